The van der Waals surface area contributed by atoms with Gasteiger partial charge in [-0.15, -0.1) is 0 Å². The maximum absolute atomic E-state index is 11.8. The van der Waals surface area contributed by atoms with Crippen molar-refractivity contribution in [3.63, 3.8) is 0 Å². The lowest BCUT2D eigenvalue weighted by atomic mass is 10.2. The Labute approximate surface area is 112 Å². The van der Waals surface area contributed by atoms with Crippen molar-refractivity contribution < 1.29 is 14.3 Å². The number of hydrogen-bond donors (Lipinski definition) is 1. The fraction of sp³-hybridized carbons (Fsp3) is 0.286. The molecule has 1 rings (SSSR count). The van der Waals surface area contributed by atoms with Gasteiger partial charge in [-0.2, -0.15) is 5.26 Å². The molecule has 100 valence electrons. The topological polar surface area (TPSA) is 71.3 Å². The SMILES string of the molecule is CCOCC=C(C#N)C(=O)Nc1ccc(OC)cc1. The normalized spacial score (nSPS) is 10.7. The Bertz CT molecular complexity index is 486. The van der Waals surface area contributed by atoms with Gasteiger partial charge >= 0.3 is 0 Å². The fourth-order valence-electron chi connectivity index (χ4n) is 1.32. The van der Waals surface area contributed by atoms with Crippen LogP contribution in [0.4, 0.5) is 5.69 Å². The summed E-state index contributed by atoms with van der Waals surface area (Å²) in [5.41, 5.74) is 0.632. The third kappa shape index (κ3) is 4.82. The van der Waals surface area contributed by atoms with Crippen molar-refractivity contribution in [2.24, 2.45) is 0 Å². The van der Waals surface area contributed by atoms with Gasteiger partial charge in [-0.3, -0.25) is 4.79 Å². The third-order valence-electron chi connectivity index (χ3n) is 2.32. The van der Waals surface area contributed by atoms with E-state index in [1.807, 2.05) is 13.0 Å². The molecule has 0 saturated carbocycles. The Morgan fingerprint density at radius 3 is 2.63 bits per heavy atom. The molecule has 1 aromatic carbocycles. The first-order valence-corrected chi connectivity index (χ1v) is 5.84. The first kappa shape index (κ1) is 14.7. The zero-order chi connectivity index (χ0) is 14.1. The van der Waals surface area contributed by atoms with Crippen LogP contribution in [-0.2, 0) is 9.53 Å². The van der Waals surface area contributed by atoms with E-state index < -0.39 is 5.91 Å². The molecule has 0 aliphatic rings. The number of methoxy groups -OCH3 is 1. The summed E-state index contributed by atoms with van der Waals surface area (Å²) in [4.78, 5) is 11.8. The van der Waals surface area contributed by atoms with Gasteiger partial charge in [0, 0.05) is 12.3 Å². The maximum atomic E-state index is 11.8. The van der Waals surface area contributed by atoms with Gasteiger partial charge in [-0.25, -0.2) is 0 Å². The number of nitrogens with one attached hydrogen (secondary N) is 1. The zero-order valence-corrected chi connectivity index (χ0v) is 11.0. The van der Waals surface area contributed by atoms with Crippen LogP contribution in [0, 0.1) is 11.3 Å². The second-order valence-corrected chi connectivity index (χ2v) is 3.57. The zero-order valence-electron chi connectivity index (χ0n) is 11.0. The lowest BCUT2D eigenvalue weighted by Crippen LogP contribution is -2.14. The average Bonchev–Trinajstić information content (AvgIpc) is 2.44. The van der Waals surface area contributed by atoms with Crippen LogP contribution in [-0.4, -0.2) is 26.2 Å². The predicted molar refractivity (Wildman–Crippen MR) is 71.8 cm³/mol. The molecule has 1 aromatic rings. The highest BCUT2D eigenvalue weighted by Gasteiger charge is 2.08. The first-order valence-electron chi connectivity index (χ1n) is 5.84. The molecule has 0 fully saturated rings. The van der Waals surface area contributed by atoms with Gasteiger partial charge in [0.15, 0.2) is 0 Å². The van der Waals surface area contributed by atoms with Crippen LogP contribution >= 0.6 is 0 Å². The minimum Gasteiger partial charge on any atom is -0.497 e. The predicted octanol–water partition coefficient (Wildman–Crippen LogP) is 2.12. The van der Waals surface area contributed by atoms with Gasteiger partial charge in [0.05, 0.1) is 13.7 Å². The minimum atomic E-state index is -0.452. The molecule has 1 amide bonds. The Morgan fingerprint density at radius 2 is 2.11 bits per heavy atom. The summed E-state index contributed by atoms with van der Waals surface area (Å²) in [5, 5.41) is 11.5. The standard InChI is InChI=1S/C14H16N2O3/c1-3-19-9-8-11(10-15)14(17)16-12-4-6-13(18-2)7-5-12/h4-8H,3,9H2,1-2H3,(H,16,17). The highest BCUT2D eigenvalue weighted by molar-refractivity contribution is 6.06. The fourth-order valence-corrected chi connectivity index (χ4v) is 1.32. The van der Waals surface area contributed by atoms with E-state index in [0.717, 1.165) is 0 Å². The highest BCUT2D eigenvalue weighted by atomic mass is 16.5. The number of carbonyl (C=O) groups is 1. The smallest absolute Gasteiger partial charge is 0.266 e. The molecule has 19 heavy (non-hydrogen) atoms. The molecule has 0 radical (unpaired) electrons. The second kappa shape index (κ2) is 7.90. The van der Waals surface area contributed by atoms with Gasteiger partial charge in [-0.05, 0) is 37.3 Å². The van der Waals surface area contributed by atoms with E-state index in [9.17, 15) is 4.79 Å². The van der Waals surface area contributed by atoms with Crippen molar-refractivity contribution in [2.45, 2.75) is 6.92 Å². The molecule has 0 heterocycles. The number of amides is 1. The summed E-state index contributed by atoms with van der Waals surface area (Å²) in [5.74, 6) is 0.248. The summed E-state index contributed by atoms with van der Waals surface area (Å²) in [6.45, 7) is 2.63. The van der Waals surface area contributed by atoms with Crippen LogP contribution in [0.15, 0.2) is 35.9 Å². The van der Waals surface area contributed by atoms with Crippen molar-refractivity contribution in [3.05, 3.63) is 35.9 Å². The first-order chi connectivity index (χ1) is 9.21. The van der Waals surface area contributed by atoms with Crippen LogP contribution in [0.3, 0.4) is 0 Å². The summed E-state index contributed by atoms with van der Waals surface area (Å²) in [6, 6.07) is 8.71. The third-order valence-corrected chi connectivity index (χ3v) is 2.32. The Hall–Kier alpha value is -2.32. The Balaban J connectivity index is 2.66. The van der Waals surface area contributed by atoms with E-state index in [1.54, 1.807) is 31.4 Å². The Kier molecular flexibility index (Phi) is 6.13. The largest absolute Gasteiger partial charge is 0.497 e. The van der Waals surface area contributed by atoms with Gasteiger partial charge in [0.25, 0.3) is 5.91 Å². The molecule has 0 unspecified atom stereocenters. The number of anilines is 1. The molecular formula is C14H16N2O3. The van der Waals surface area contributed by atoms with Gasteiger partial charge in [-0.1, -0.05) is 0 Å². The van der Waals surface area contributed by atoms with E-state index in [0.29, 0.717) is 18.0 Å². The molecular weight excluding hydrogens is 244 g/mol. The molecule has 5 heteroatoms. The van der Waals surface area contributed by atoms with Gasteiger partial charge in [0.1, 0.15) is 17.4 Å². The van der Waals surface area contributed by atoms with Crippen LogP contribution in [0.1, 0.15) is 6.92 Å². The van der Waals surface area contributed by atoms with Crippen LogP contribution < -0.4 is 10.1 Å². The molecule has 0 bridgehead atoms. The van der Waals surface area contributed by atoms with Crippen LogP contribution in [0.2, 0.25) is 0 Å². The van der Waals surface area contributed by atoms with Crippen molar-refractivity contribution in [1.29, 1.82) is 5.26 Å². The molecule has 1 N–H and O–H groups in total. The lowest BCUT2D eigenvalue weighted by molar-refractivity contribution is -0.112. The monoisotopic (exact) mass is 260 g/mol. The Morgan fingerprint density at radius 1 is 1.42 bits per heavy atom. The van der Waals surface area contributed by atoms with E-state index >= 15 is 0 Å². The molecule has 0 spiro atoms. The van der Waals surface area contributed by atoms with Gasteiger partial charge < -0.3 is 14.8 Å². The number of hydrogen-bond acceptors (Lipinski definition) is 4. The molecule has 0 aromatic heterocycles. The number of rotatable bonds is 6. The maximum Gasteiger partial charge on any atom is 0.266 e. The molecule has 0 aliphatic carbocycles. The summed E-state index contributed by atoms with van der Waals surface area (Å²) >= 11 is 0. The van der Waals surface area contributed by atoms with Crippen LogP contribution in [0.5, 0.6) is 5.75 Å². The number of benzene rings is 1. The number of carbonyl (C=O) groups excluding carboxylic acids is 1. The molecule has 0 aliphatic heterocycles. The van der Waals surface area contributed by atoms with Crippen molar-refractivity contribution in [2.75, 3.05) is 25.6 Å². The summed E-state index contributed by atoms with van der Waals surface area (Å²) in [6.07, 6.45) is 1.46. The van der Waals surface area contributed by atoms with Crippen molar-refractivity contribution in [1.82, 2.24) is 0 Å². The quantitative estimate of drug-likeness (QED) is 0.483. The molecule has 0 saturated heterocycles. The molecule has 0 atom stereocenters. The number of nitrogens with zero attached hydrogens (tertiary/aromatic N) is 1. The van der Waals surface area contributed by atoms with E-state index in [1.165, 1.54) is 6.08 Å². The number of ether oxygens (including phenoxy) is 2. The summed E-state index contributed by atoms with van der Waals surface area (Å²) < 4.78 is 10.1. The van der Waals surface area contributed by atoms with Crippen molar-refractivity contribution >= 4 is 11.6 Å². The van der Waals surface area contributed by atoms with E-state index in [4.69, 9.17) is 14.7 Å². The lowest BCUT2D eigenvalue weighted by Gasteiger charge is -2.05. The summed E-state index contributed by atoms with van der Waals surface area (Å²) in [7, 11) is 1.57. The number of nitriles is 1. The van der Waals surface area contributed by atoms with Gasteiger partial charge in [0.2, 0.25) is 0 Å². The molecule has 5 nitrogen and oxygen atoms in total. The van der Waals surface area contributed by atoms with Crippen LogP contribution in [0.25, 0.3) is 0 Å². The van der Waals surface area contributed by atoms with Crippen molar-refractivity contribution in [3.8, 4) is 11.8 Å². The average molecular weight is 260 g/mol. The van der Waals surface area contributed by atoms with E-state index in [2.05, 4.69) is 5.32 Å². The highest BCUT2D eigenvalue weighted by Crippen LogP contribution is 2.15. The second-order valence-electron chi connectivity index (χ2n) is 3.57. The van der Waals surface area contributed by atoms with E-state index in [-0.39, 0.29) is 12.2 Å². The minimum absolute atomic E-state index is 0.0317.